The molecule has 0 atom stereocenters. The van der Waals surface area contributed by atoms with Gasteiger partial charge in [-0.3, -0.25) is 5.41 Å². The van der Waals surface area contributed by atoms with E-state index in [0.717, 1.165) is 0 Å². The Balaban J connectivity index is 0. The summed E-state index contributed by atoms with van der Waals surface area (Å²) in [7, 11) is 2.87. The highest BCUT2D eigenvalue weighted by Crippen LogP contribution is 2.07. The highest BCUT2D eigenvalue weighted by Gasteiger charge is 2.26. The van der Waals surface area contributed by atoms with Crippen molar-refractivity contribution in [2.24, 2.45) is 5.73 Å². The van der Waals surface area contributed by atoms with Gasteiger partial charge in [-0.1, -0.05) is 0 Å². The molecule has 0 saturated heterocycles. The first-order valence-corrected chi connectivity index (χ1v) is 2.51. The van der Waals surface area contributed by atoms with Gasteiger partial charge in [0.15, 0.2) is 5.84 Å². The van der Waals surface area contributed by atoms with Crippen LogP contribution in [0.5, 0.6) is 0 Å². The Morgan fingerprint density at radius 2 is 1.70 bits per heavy atom. The zero-order valence-electron chi connectivity index (χ0n) is 6.30. The molecule has 0 aliphatic heterocycles. The molecule has 0 rings (SSSR count). The van der Waals surface area contributed by atoms with Crippen LogP contribution in [0.1, 0.15) is 6.92 Å². The van der Waals surface area contributed by atoms with Crippen LogP contribution in [0, 0.1) is 5.41 Å². The average Bonchev–Trinajstić information content (AvgIpc) is 1.86. The molecule has 0 spiro atoms. The molecule has 5 heteroatoms. The lowest BCUT2D eigenvalue weighted by Gasteiger charge is -2.23. The molecule has 0 aromatic rings. The van der Waals surface area contributed by atoms with E-state index in [1.807, 2.05) is 0 Å². The fourth-order valence-electron chi connectivity index (χ4n) is 0.303. The number of nitrogens with one attached hydrogen (secondary N) is 1. The molecule has 4 nitrogen and oxygen atoms in total. The maximum Gasteiger partial charge on any atom is 0.223 e. The predicted molar refractivity (Wildman–Crippen MR) is 41.6 cm³/mol. The number of halogens is 1. The van der Waals surface area contributed by atoms with Crippen molar-refractivity contribution in [1.82, 2.24) is 0 Å². The molecule has 0 heterocycles. The summed E-state index contributed by atoms with van der Waals surface area (Å²) in [5, 5.41) is 6.98. The third-order valence-electron chi connectivity index (χ3n) is 1.27. The number of amidine groups is 1. The maximum atomic E-state index is 6.98. The van der Waals surface area contributed by atoms with Crippen LogP contribution in [0.2, 0.25) is 0 Å². The molecule has 0 aromatic carbocycles. The van der Waals surface area contributed by atoms with E-state index in [-0.39, 0.29) is 18.2 Å². The standard InChI is InChI=1S/C5H12N2O2.ClH/c1-5(8-2,9-3)4(6)7;/h1-3H3,(H3,6,7);1H. The van der Waals surface area contributed by atoms with Crippen molar-refractivity contribution >= 4 is 18.2 Å². The van der Waals surface area contributed by atoms with Gasteiger partial charge >= 0.3 is 0 Å². The normalized spacial score (nSPS) is 10.3. The van der Waals surface area contributed by atoms with Crippen LogP contribution in [0.3, 0.4) is 0 Å². The summed E-state index contributed by atoms with van der Waals surface area (Å²) < 4.78 is 9.55. The lowest BCUT2D eigenvalue weighted by molar-refractivity contribution is -0.140. The number of hydrogen-bond donors (Lipinski definition) is 2. The van der Waals surface area contributed by atoms with Crippen molar-refractivity contribution in [2.75, 3.05) is 14.2 Å². The molecule has 0 unspecified atom stereocenters. The average molecular weight is 169 g/mol. The first-order valence-electron chi connectivity index (χ1n) is 2.51. The number of rotatable bonds is 3. The molecular formula is C5H13ClN2O2. The van der Waals surface area contributed by atoms with Crippen molar-refractivity contribution in [1.29, 1.82) is 5.41 Å². The van der Waals surface area contributed by atoms with E-state index in [1.54, 1.807) is 6.92 Å². The van der Waals surface area contributed by atoms with Crippen LogP contribution < -0.4 is 5.73 Å². The Labute approximate surface area is 66.6 Å². The Kier molecular flexibility index (Phi) is 5.55. The van der Waals surface area contributed by atoms with E-state index >= 15 is 0 Å². The Morgan fingerprint density at radius 1 is 1.40 bits per heavy atom. The Bertz CT molecular complexity index is 114. The fraction of sp³-hybridized carbons (Fsp3) is 0.800. The minimum Gasteiger partial charge on any atom is -0.383 e. The van der Waals surface area contributed by atoms with Gasteiger partial charge in [-0.15, -0.1) is 12.4 Å². The summed E-state index contributed by atoms with van der Waals surface area (Å²) in [4.78, 5) is 0. The molecular weight excluding hydrogens is 156 g/mol. The highest BCUT2D eigenvalue weighted by molar-refractivity contribution is 5.85. The molecule has 0 aromatic heterocycles. The SMILES string of the molecule is COC(C)(OC)C(=N)N.Cl. The van der Waals surface area contributed by atoms with Gasteiger partial charge in [0.25, 0.3) is 0 Å². The zero-order chi connectivity index (χ0) is 7.49. The molecule has 0 saturated carbocycles. The second-order valence-corrected chi connectivity index (χ2v) is 1.77. The van der Waals surface area contributed by atoms with Crippen LogP contribution in [-0.4, -0.2) is 25.8 Å². The zero-order valence-corrected chi connectivity index (χ0v) is 7.12. The van der Waals surface area contributed by atoms with Crippen molar-refractivity contribution in [3.63, 3.8) is 0 Å². The Hall–Kier alpha value is -0.320. The van der Waals surface area contributed by atoms with Crippen molar-refractivity contribution in [2.45, 2.75) is 12.7 Å². The van der Waals surface area contributed by atoms with Gasteiger partial charge in [-0.25, -0.2) is 0 Å². The van der Waals surface area contributed by atoms with E-state index in [4.69, 9.17) is 20.6 Å². The van der Waals surface area contributed by atoms with Crippen molar-refractivity contribution in [3.8, 4) is 0 Å². The van der Waals surface area contributed by atoms with Gasteiger partial charge < -0.3 is 15.2 Å². The number of hydrogen-bond acceptors (Lipinski definition) is 3. The quantitative estimate of drug-likeness (QED) is 0.363. The lowest BCUT2D eigenvalue weighted by Crippen LogP contribution is -2.43. The number of methoxy groups -OCH3 is 2. The molecule has 0 bridgehead atoms. The third kappa shape index (κ3) is 2.51. The summed E-state index contributed by atoms with van der Waals surface area (Å²) in [5.74, 6) is -1.19. The molecule has 3 N–H and O–H groups in total. The number of nitrogens with two attached hydrogens (primary N) is 1. The van der Waals surface area contributed by atoms with Crippen LogP contribution in [0.4, 0.5) is 0 Å². The topological polar surface area (TPSA) is 68.3 Å². The van der Waals surface area contributed by atoms with Gasteiger partial charge in [0.05, 0.1) is 0 Å². The lowest BCUT2D eigenvalue weighted by atomic mass is 10.3. The largest absolute Gasteiger partial charge is 0.383 e. The number of ether oxygens (including phenoxy) is 2. The summed E-state index contributed by atoms with van der Waals surface area (Å²) in [5.41, 5.74) is 5.13. The monoisotopic (exact) mass is 168 g/mol. The minimum absolute atomic E-state index is 0. The maximum absolute atomic E-state index is 6.98. The van der Waals surface area contributed by atoms with Crippen LogP contribution in [0.25, 0.3) is 0 Å². The molecule has 62 valence electrons. The predicted octanol–water partition coefficient (Wildman–Crippen LogP) is 0.353. The molecule has 0 fully saturated rings. The summed E-state index contributed by atoms with van der Waals surface area (Å²) >= 11 is 0. The summed E-state index contributed by atoms with van der Waals surface area (Å²) in [6.07, 6.45) is 0. The molecule has 0 aliphatic rings. The van der Waals surface area contributed by atoms with E-state index in [9.17, 15) is 0 Å². The van der Waals surface area contributed by atoms with Crippen LogP contribution >= 0.6 is 12.4 Å². The van der Waals surface area contributed by atoms with Gasteiger partial charge in [-0.05, 0) is 6.92 Å². The second-order valence-electron chi connectivity index (χ2n) is 1.77. The first kappa shape index (κ1) is 12.4. The van der Waals surface area contributed by atoms with Crippen molar-refractivity contribution in [3.05, 3.63) is 0 Å². The van der Waals surface area contributed by atoms with Gasteiger partial charge in [0, 0.05) is 14.2 Å². The smallest absolute Gasteiger partial charge is 0.223 e. The summed E-state index contributed by atoms with van der Waals surface area (Å²) in [6, 6.07) is 0. The molecule has 0 radical (unpaired) electrons. The van der Waals surface area contributed by atoms with Crippen LogP contribution in [-0.2, 0) is 9.47 Å². The van der Waals surface area contributed by atoms with Gasteiger partial charge in [0.1, 0.15) is 0 Å². The molecule has 10 heavy (non-hydrogen) atoms. The van der Waals surface area contributed by atoms with E-state index in [2.05, 4.69) is 0 Å². The van der Waals surface area contributed by atoms with Crippen LogP contribution in [0.15, 0.2) is 0 Å². The second kappa shape index (κ2) is 4.49. The Morgan fingerprint density at radius 3 is 1.70 bits per heavy atom. The van der Waals surface area contributed by atoms with E-state index < -0.39 is 5.79 Å². The fourth-order valence-corrected chi connectivity index (χ4v) is 0.303. The van der Waals surface area contributed by atoms with Gasteiger partial charge in [-0.2, -0.15) is 0 Å². The van der Waals surface area contributed by atoms with Crippen molar-refractivity contribution < 1.29 is 9.47 Å². The molecule has 0 amide bonds. The van der Waals surface area contributed by atoms with E-state index in [1.165, 1.54) is 14.2 Å². The highest BCUT2D eigenvalue weighted by atomic mass is 35.5. The molecule has 0 aliphatic carbocycles. The minimum atomic E-state index is -1.06. The van der Waals surface area contributed by atoms with Gasteiger partial charge in [0.2, 0.25) is 5.79 Å². The van der Waals surface area contributed by atoms with E-state index in [0.29, 0.717) is 0 Å². The summed E-state index contributed by atoms with van der Waals surface area (Å²) in [6.45, 7) is 1.58. The third-order valence-corrected chi connectivity index (χ3v) is 1.27. The first-order chi connectivity index (χ1) is 4.06.